The second-order valence-electron chi connectivity index (χ2n) is 4.72. The summed E-state index contributed by atoms with van der Waals surface area (Å²) in [7, 11) is 0. The van der Waals surface area contributed by atoms with Crippen molar-refractivity contribution < 1.29 is 9.53 Å². The number of carbonyl (C=O) groups is 1. The fraction of sp³-hybridized carbons (Fsp3) is 0.500. The van der Waals surface area contributed by atoms with Crippen molar-refractivity contribution in [2.75, 3.05) is 18.9 Å². The summed E-state index contributed by atoms with van der Waals surface area (Å²) in [6.07, 6.45) is 3.76. The highest BCUT2D eigenvalue weighted by atomic mass is 16.5. The van der Waals surface area contributed by atoms with Crippen LogP contribution in [0, 0.1) is 5.92 Å². The Morgan fingerprint density at radius 3 is 2.89 bits per heavy atom. The van der Waals surface area contributed by atoms with Crippen LogP contribution in [0.15, 0.2) is 18.2 Å². The number of benzene rings is 1. The van der Waals surface area contributed by atoms with Crippen LogP contribution >= 0.6 is 0 Å². The molecule has 0 saturated heterocycles. The zero-order valence-electron chi connectivity index (χ0n) is 10.7. The molecule has 1 fully saturated rings. The van der Waals surface area contributed by atoms with Crippen molar-refractivity contribution in [3.63, 3.8) is 0 Å². The van der Waals surface area contributed by atoms with E-state index in [-0.39, 0.29) is 5.91 Å². The molecule has 3 N–H and O–H groups in total. The Labute approximate surface area is 108 Å². The van der Waals surface area contributed by atoms with Gasteiger partial charge in [0.1, 0.15) is 5.75 Å². The molecule has 1 aromatic carbocycles. The van der Waals surface area contributed by atoms with Gasteiger partial charge in [0, 0.05) is 12.1 Å². The zero-order valence-corrected chi connectivity index (χ0v) is 10.7. The highest BCUT2D eigenvalue weighted by Crippen LogP contribution is 2.29. The first-order valence-corrected chi connectivity index (χ1v) is 6.51. The molecule has 2 rings (SSSR count). The van der Waals surface area contributed by atoms with Gasteiger partial charge in [0.15, 0.2) is 0 Å². The van der Waals surface area contributed by atoms with Gasteiger partial charge in [-0.3, -0.25) is 4.79 Å². The molecule has 0 heterocycles. The highest BCUT2D eigenvalue weighted by molar-refractivity contribution is 5.95. The number of hydrogen-bond donors (Lipinski definition) is 2. The van der Waals surface area contributed by atoms with Gasteiger partial charge < -0.3 is 15.8 Å². The largest absolute Gasteiger partial charge is 0.491 e. The van der Waals surface area contributed by atoms with Crippen LogP contribution in [0.25, 0.3) is 0 Å². The molecule has 0 radical (unpaired) electrons. The molecular weight excluding hydrogens is 228 g/mol. The van der Waals surface area contributed by atoms with E-state index >= 15 is 0 Å². The average molecular weight is 248 g/mol. The van der Waals surface area contributed by atoms with Crippen molar-refractivity contribution in [2.24, 2.45) is 5.92 Å². The summed E-state index contributed by atoms with van der Waals surface area (Å²) in [6, 6.07) is 5.16. The Morgan fingerprint density at radius 1 is 1.50 bits per heavy atom. The van der Waals surface area contributed by atoms with E-state index in [9.17, 15) is 4.79 Å². The SMILES string of the molecule is CCNC(=O)c1ccc(N)c(OCC2CCC2)c1. The molecule has 1 aliphatic carbocycles. The van der Waals surface area contributed by atoms with Crippen LogP contribution < -0.4 is 15.8 Å². The van der Waals surface area contributed by atoms with Crippen LogP contribution in [0.3, 0.4) is 0 Å². The van der Waals surface area contributed by atoms with Crippen LogP contribution in [-0.2, 0) is 0 Å². The summed E-state index contributed by atoms with van der Waals surface area (Å²) in [4.78, 5) is 11.7. The number of nitrogens with two attached hydrogens (primary N) is 1. The molecule has 4 heteroatoms. The lowest BCUT2D eigenvalue weighted by Crippen LogP contribution is -2.23. The van der Waals surface area contributed by atoms with E-state index in [0.29, 0.717) is 36.1 Å². The normalized spacial score (nSPS) is 14.9. The maximum Gasteiger partial charge on any atom is 0.251 e. The summed E-state index contributed by atoms with van der Waals surface area (Å²) >= 11 is 0. The van der Waals surface area contributed by atoms with E-state index in [1.54, 1.807) is 18.2 Å². The first-order valence-electron chi connectivity index (χ1n) is 6.51. The molecule has 0 aromatic heterocycles. The zero-order chi connectivity index (χ0) is 13.0. The smallest absolute Gasteiger partial charge is 0.251 e. The number of nitrogens with one attached hydrogen (secondary N) is 1. The summed E-state index contributed by atoms with van der Waals surface area (Å²) in [5, 5.41) is 2.76. The van der Waals surface area contributed by atoms with Crippen molar-refractivity contribution in [2.45, 2.75) is 26.2 Å². The molecule has 0 atom stereocenters. The first kappa shape index (κ1) is 12.7. The minimum absolute atomic E-state index is 0.0917. The van der Waals surface area contributed by atoms with Crippen molar-refractivity contribution in [3.8, 4) is 5.75 Å². The lowest BCUT2D eigenvalue weighted by atomic mass is 9.86. The standard InChI is InChI=1S/C14H20N2O2/c1-2-16-14(17)11-6-7-12(15)13(8-11)18-9-10-4-3-5-10/h6-8,10H,2-5,9,15H2,1H3,(H,16,17). The number of amides is 1. The minimum atomic E-state index is -0.0917. The molecule has 4 nitrogen and oxygen atoms in total. The van der Waals surface area contributed by atoms with Gasteiger partial charge in [-0.25, -0.2) is 0 Å². The lowest BCUT2D eigenvalue weighted by molar-refractivity contribution is 0.0955. The Morgan fingerprint density at radius 2 is 2.28 bits per heavy atom. The second-order valence-corrected chi connectivity index (χ2v) is 4.72. The molecule has 0 bridgehead atoms. The Balaban J connectivity index is 2.03. The molecule has 1 amide bonds. The number of ether oxygens (including phenoxy) is 1. The van der Waals surface area contributed by atoms with E-state index in [0.717, 1.165) is 0 Å². The Bertz CT molecular complexity index is 428. The first-order chi connectivity index (χ1) is 8.70. The van der Waals surface area contributed by atoms with Crippen LogP contribution in [0.2, 0.25) is 0 Å². The predicted molar refractivity (Wildman–Crippen MR) is 71.7 cm³/mol. The summed E-state index contributed by atoms with van der Waals surface area (Å²) in [5.74, 6) is 1.18. The molecule has 1 saturated carbocycles. The van der Waals surface area contributed by atoms with Gasteiger partial charge in [0.25, 0.3) is 5.91 Å². The number of rotatable bonds is 5. The summed E-state index contributed by atoms with van der Waals surface area (Å²) in [6.45, 7) is 3.20. The minimum Gasteiger partial charge on any atom is -0.491 e. The fourth-order valence-electron chi connectivity index (χ4n) is 1.93. The Kier molecular flexibility index (Phi) is 4.07. The summed E-state index contributed by atoms with van der Waals surface area (Å²) in [5.41, 5.74) is 7.03. The van der Waals surface area contributed by atoms with E-state index < -0.39 is 0 Å². The quantitative estimate of drug-likeness (QED) is 0.785. The van der Waals surface area contributed by atoms with Crippen LogP contribution in [-0.4, -0.2) is 19.1 Å². The van der Waals surface area contributed by atoms with Gasteiger partial charge >= 0.3 is 0 Å². The number of carbonyl (C=O) groups excluding carboxylic acids is 1. The van der Waals surface area contributed by atoms with Gasteiger partial charge in [-0.1, -0.05) is 6.42 Å². The monoisotopic (exact) mass is 248 g/mol. The van der Waals surface area contributed by atoms with Crippen LogP contribution in [0.1, 0.15) is 36.5 Å². The van der Waals surface area contributed by atoms with Gasteiger partial charge in [-0.2, -0.15) is 0 Å². The third kappa shape index (κ3) is 2.94. The van der Waals surface area contributed by atoms with Crippen molar-refractivity contribution in [1.82, 2.24) is 5.32 Å². The third-order valence-electron chi connectivity index (χ3n) is 3.31. The van der Waals surface area contributed by atoms with Crippen LogP contribution in [0.5, 0.6) is 5.75 Å². The number of hydrogen-bond acceptors (Lipinski definition) is 3. The average Bonchev–Trinajstić information content (AvgIpc) is 2.29. The van der Waals surface area contributed by atoms with Crippen molar-refractivity contribution in [1.29, 1.82) is 0 Å². The molecule has 1 aromatic rings. The van der Waals surface area contributed by atoms with Crippen molar-refractivity contribution in [3.05, 3.63) is 23.8 Å². The van der Waals surface area contributed by atoms with E-state index in [1.165, 1.54) is 19.3 Å². The van der Waals surface area contributed by atoms with Crippen molar-refractivity contribution >= 4 is 11.6 Å². The van der Waals surface area contributed by atoms with Gasteiger partial charge in [-0.15, -0.1) is 0 Å². The molecule has 1 aliphatic rings. The number of nitrogen functional groups attached to an aromatic ring is 1. The van der Waals surface area contributed by atoms with E-state index in [1.807, 2.05) is 6.92 Å². The predicted octanol–water partition coefficient (Wildman–Crippen LogP) is 2.20. The van der Waals surface area contributed by atoms with Crippen LogP contribution in [0.4, 0.5) is 5.69 Å². The molecule has 0 spiro atoms. The molecule has 18 heavy (non-hydrogen) atoms. The maximum atomic E-state index is 11.7. The second kappa shape index (κ2) is 5.76. The molecule has 0 unspecified atom stereocenters. The lowest BCUT2D eigenvalue weighted by Gasteiger charge is -2.25. The van der Waals surface area contributed by atoms with Gasteiger partial charge in [-0.05, 0) is 43.9 Å². The highest BCUT2D eigenvalue weighted by Gasteiger charge is 2.18. The van der Waals surface area contributed by atoms with E-state index in [4.69, 9.17) is 10.5 Å². The fourth-order valence-corrected chi connectivity index (χ4v) is 1.93. The third-order valence-corrected chi connectivity index (χ3v) is 3.31. The van der Waals surface area contributed by atoms with E-state index in [2.05, 4.69) is 5.32 Å². The summed E-state index contributed by atoms with van der Waals surface area (Å²) < 4.78 is 5.70. The molecule has 98 valence electrons. The van der Waals surface area contributed by atoms with Gasteiger partial charge in [0.05, 0.1) is 12.3 Å². The number of anilines is 1. The topological polar surface area (TPSA) is 64.4 Å². The molecular formula is C14H20N2O2. The van der Waals surface area contributed by atoms with Gasteiger partial charge in [0.2, 0.25) is 0 Å². The Hall–Kier alpha value is -1.71. The maximum absolute atomic E-state index is 11.7. The molecule has 0 aliphatic heterocycles.